The number of amides is 3. The minimum Gasteiger partial charge on any atom is -0.486 e. The first-order valence-corrected chi connectivity index (χ1v) is 9.62. The van der Waals surface area contributed by atoms with Crippen LogP contribution in [0.1, 0.15) is 0 Å². The van der Waals surface area contributed by atoms with Crippen LogP contribution in [0.3, 0.4) is 0 Å². The molecule has 164 valence electrons. The highest BCUT2D eigenvalue weighted by Gasteiger charge is 2.55. The van der Waals surface area contributed by atoms with E-state index >= 15 is 0 Å². The number of imide groups is 1. The molecular weight excluding hydrogens is 428 g/mol. The maximum atomic E-state index is 13.6. The second-order valence-corrected chi connectivity index (χ2v) is 7.21. The van der Waals surface area contributed by atoms with E-state index in [1.165, 1.54) is 0 Å². The number of rotatable bonds is 4. The van der Waals surface area contributed by atoms with Crippen molar-refractivity contribution in [2.75, 3.05) is 30.0 Å². The Kier molecular flexibility index (Phi) is 4.68. The van der Waals surface area contributed by atoms with Gasteiger partial charge in [0.05, 0.1) is 5.69 Å². The van der Waals surface area contributed by atoms with Crippen molar-refractivity contribution in [3.8, 4) is 11.5 Å². The van der Waals surface area contributed by atoms with E-state index in [2.05, 4.69) is 15.7 Å². The van der Waals surface area contributed by atoms with Gasteiger partial charge in [0.25, 0.3) is 11.8 Å². The van der Waals surface area contributed by atoms with Gasteiger partial charge in [-0.25, -0.2) is 13.7 Å². The second kappa shape index (κ2) is 7.55. The number of hydrogen-bond donors (Lipinski definition) is 1. The average Bonchev–Trinajstić information content (AvgIpc) is 3.29. The molecule has 0 aliphatic carbocycles. The number of nitrogens with one attached hydrogen (secondary N) is 1. The number of benzene rings is 2. The van der Waals surface area contributed by atoms with Gasteiger partial charge in [-0.05, 0) is 24.3 Å². The van der Waals surface area contributed by atoms with Crippen LogP contribution in [0.25, 0.3) is 0 Å². The lowest BCUT2D eigenvalue weighted by molar-refractivity contribution is -0.123. The normalized spacial score (nSPS) is 21.2. The molecule has 10 nitrogen and oxygen atoms in total. The third-order valence-corrected chi connectivity index (χ3v) is 5.15. The summed E-state index contributed by atoms with van der Waals surface area (Å²) in [6, 6.07) is 5.27. The summed E-state index contributed by atoms with van der Waals surface area (Å²) in [6.45, 7) is 0.478. The topological polar surface area (TPSA) is 113 Å². The molecule has 2 atom stereocenters. The Hall–Kier alpha value is -4.09. The van der Waals surface area contributed by atoms with Crippen LogP contribution in [0.5, 0.6) is 11.5 Å². The van der Waals surface area contributed by atoms with E-state index in [4.69, 9.17) is 9.47 Å². The van der Waals surface area contributed by atoms with Gasteiger partial charge in [0.1, 0.15) is 19.8 Å². The molecule has 2 unspecified atom stereocenters. The van der Waals surface area contributed by atoms with Crippen LogP contribution < -0.4 is 19.7 Å². The van der Waals surface area contributed by atoms with Gasteiger partial charge in [-0.2, -0.15) is 5.11 Å². The maximum absolute atomic E-state index is 13.6. The number of carbonyl (C=O) groups is 3. The van der Waals surface area contributed by atoms with Crippen molar-refractivity contribution in [2.45, 2.75) is 12.1 Å². The molecule has 2 aromatic rings. The Morgan fingerprint density at radius 2 is 1.81 bits per heavy atom. The number of carbonyl (C=O) groups excluding carboxylic acids is 3. The second-order valence-electron chi connectivity index (χ2n) is 7.21. The molecule has 1 saturated heterocycles. The van der Waals surface area contributed by atoms with Crippen LogP contribution in [0.4, 0.5) is 20.2 Å². The Bertz CT molecular complexity index is 1170. The summed E-state index contributed by atoms with van der Waals surface area (Å²) in [7, 11) is 0. The summed E-state index contributed by atoms with van der Waals surface area (Å²) in [4.78, 5) is 38.7. The van der Waals surface area contributed by atoms with E-state index in [0.29, 0.717) is 30.4 Å². The molecule has 2 aromatic carbocycles. The fourth-order valence-corrected chi connectivity index (χ4v) is 3.70. The number of nitrogens with zero attached hydrogens (tertiary/aromatic N) is 4. The van der Waals surface area contributed by atoms with E-state index in [1.807, 2.05) is 0 Å². The SMILES string of the molecule is O=C(CN1N=NC2C(=O)N(c3ccc(F)c(F)c3)C(=O)C21)Nc1ccc2c(c1)OCCO2. The van der Waals surface area contributed by atoms with Gasteiger partial charge >= 0.3 is 0 Å². The van der Waals surface area contributed by atoms with Crippen molar-refractivity contribution in [1.82, 2.24) is 5.01 Å². The van der Waals surface area contributed by atoms with Crippen molar-refractivity contribution in [3.63, 3.8) is 0 Å². The van der Waals surface area contributed by atoms with Crippen molar-refractivity contribution in [3.05, 3.63) is 48.0 Å². The van der Waals surface area contributed by atoms with Gasteiger partial charge in [0.2, 0.25) is 5.91 Å². The Labute approximate surface area is 179 Å². The molecule has 3 aliphatic heterocycles. The monoisotopic (exact) mass is 443 g/mol. The zero-order valence-electron chi connectivity index (χ0n) is 16.3. The number of ether oxygens (including phenoxy) is 2. The summed E-state index contributed by atoms with van der Waals surface area (Å²) < 4.78 is 37.7. The van der Waals surface area contributed by atoms with Crippen LogP contribution in [-0.2, 0) is 14.4 Å². The van der Waals surface area contributed by atoms with E-state index in [-0.39, 0.29) is 12.2 Å². The highest BCUT2D eigenvalue weighted by molar-refractivity contribution is 6.25. The van der Waals surface area contributed by atoms with E-state index in [1.54, 1.807) is 18.2 Å². The predicted octanol–water partition coefficient (Wildman–Crippen LogP) is 1.67. The van der Waals surface area contributed by atoms with Crippen molar-refractivity contribution >= 4 is 29.1 Å². The molecule has 1 fully saturated rings. The summed E-state index contributed by atoms with van der Waals surface area (Å²) in [5, 5.41) is 11.3. The quantitative estimate of drug-likeness (QED) is 0.720. The Morgan fingerprint density at radius 1 is 1.03 bits per heavy atom. The highest BCUT2D eigenvalue weighted by Crippen LogP contribution is 2.34. The summed E-state index contributed by atoms with van der Waals surface area (Å²) >= 11 is 0. The van der Waals surface area contributed by atoms with Gasteiger partial charge in [0, 0.05) is 17.8 Å². The smallest absolute Gasteiger partial charge is 0.263 e. The van der Waals surface area contributed by atoms with Crippen LogP contribution >= 0.6 is 0 Å². The van der Waals surface area contributed by atoms with Gasteiger partial charge in [-0.1, -0.05) is 5.22 Å². The molecule has 3 amide bonds. The van der Waals surface area contributed by atoms with Gasteiger partial charge < -0.3 is 14.8 Å². The Balaban J connectivity index is 1.29. The minimum atomic E-state index is -1.20. The zero-order valence-corrected chi connectivity index (χ0v) is 16.3. The molecule has 0 saturated carbocycles. The lowest BCUT2D eigenvalue weighted by Crippen LogP contribution is -2.43. The van der Waals surface area contributed by atoms with E-state index < -0.39 is 41.4 Å². The van der Waals surface area contributed by atoms with Gasteiger partial charge in [-0.3, -0.25) is 19.4 Å². The van der Waals surface area contributed by atoms with E-state index in [9.17, 15) is 23.2 Å². The van der Waals surface area contributed by atoms with Gasteiger partial charge in [0.15, 0.2) is 35.2 Å². The molecule has 12 heteroatoms. The lowest BCUT2D eigenvalue weighted by Gasteiger charge is -2.21. The third kappa shape index (κ3) is 3.29. The molecule has 0 aromatic heterocycles. The molecule has 3 heterocycles. The third-order valence-electron chi connectivity index (χ3n) is 5.15. The molecule has 0 bridgehead atoms. The van der Waals surface area contributed by atoms with Crippen LogP contribution in [-0.4, -0.2) is 54.6 Å². The maximum Gasteiger partial charge on any atom is 0.263 e. The largest absolute Gasteiger partial charge is 0.486 e. The molecule has 0 spiro atoms. The van der Waals surface area contributed by atoms with Crippen molar-refractivity contribution < 1.29 is 32.6 Å². The molecule has 5 rings (SSSR count). The first-order valence-electron chi connectivity index (χ1n) is 9.62. The predicted molar refractivity (Wildman–Crippen MR) is 104 cm³/mol. The molecule has 3 aliphatic rings. The van der Waals surface area contributed by atoms with E-state index in [0.717, 1.165) is 28.1 Å². The average molecular weight is 443 g/mol. The number of anilines is 2. The number of hydrogen-bond acceptors (Lipinski definition) is 8. The van der Waals surface area contributed by atoms with Gasteiger partial charge in [-0.15, -0.1) is 0 Å². The molecular formula is C20H15F2N5O5. The highest BCUT2D eigenvalue weighted by atomic mass is 19.2. The number of fused-ring (bicyclic) bond motifs is 2. The first-order chi connectivity index (χ1) is 15.4. The van der Waals surface area contributed by atoms with Crippen LogP contribution in [0.15, 0.2) is 46.7 Å². The fraction of sp³-hybridized carbons (Fsp3) is 0.250. The molecule has 0 radical (unpaired) electrons. The van der Waals surface area contributed by atoms with Crippen LogP contribution in [0, 0.1) is 11.6 Å². The summed E-state index contributed by atoms with van der Waals surface area (Å²) in [5.41, 5.74) is 0.327. The van der Waals surface area contributed by atoms with Crippen molar-refractivity contribution in [2.24, 2.45) is 10.3 Å². The zero-order chi connectivity index (χ0) is 22.4. The Morgan fingerprint density at radius 3 is 2.59 bits per heavy atom. The molecule has 1 N–H and O–H groups in total. The van der Waals surface area contributed by atoms with Crippen molar-refractivity contribution in [1.29, 1.82) is 0 Å². The standard InChI is InChI=1S/C20H15F2N5O5/c21-12-3-2-11(8-13(12)22)27-19(29)17-18(20(27)30)26(25-24-17)9-16(28)23-10-1-4-14-15(7-10)32-6-5-31-14/h1-4,7-8,17-18H,5-6,9H2,(H,23,28). The summed E-state index contributed by atoms with van der Waals surface area (Å²) in [6.07, 6.45) is 0. The first kappa shape index (κ1) is 19.8. The van der Waals surface area contributed by atoms with Crippen LogP contribution in [0.2, 0.25) is 0 Å². The fourth-order valence-electron chi connectivity index (χ4n) is 3.70. The summed E-state index contributed by atoms with van der Waals surface area (Å²) in [5.74, 6) is -3.21. The minimum absolute atomic E-state index is 0.121. The number of halogens is 2. The lowest BCUT2D eigenvalue weighted by atomic mass is 10.1. The molecule has 32 heavy (non-hydrogen) atoms.